The Balaban J connectivity index is 1.50. The minimum atomic E-state index is -0.376. The zero-order chi connectivity index (χ0) is 16.8. The first-order chi connectivity index (χ1) is 11.5. The Hall–Kier alpha value is -2.28. The Morgan fingerprint density at radius 3 is 2.88 bits per heavy atom. The molecule has 4 rings (SSSR count). The van der Waals surface area contributed by atoms with E-state index in [0.29, 0.717) is 13.0 Å². The van der Waals surface area contributed by atoms with Crippen molar-refractivity contribution < 1.29 is 14.0 Å². The molecule has 0 aromatic heterocycles. The maximum atomic E-state index is 13.4. The van der Waals surface area contributed by atoms with Crippen molar-refractivity contribution in [1.29, 1.82) is 0 Å². The molecule has 2 heterocycles. The van der Waals surface area contributed by atoms with Gasteiger partial charge in [0.05, 0.1) is 5.69 Å². The maximum Gasteiger partial charge on any atom is 0.245 e. The van der Waals surface area contributed by atoms with E-state index in [0.717, 1.165) is 21.4 Å². The number of hydrogen-bond acceptors (Lipinski definition) is 4. The van der Waals surface area contributed by atoms with Crippen molar-refractivity contribution in [1.82, 2.24) is 10.2 Å². The van der Waals surface area contributed by atoms with E-state index in [1.165, 1.54) is 30.8 Å². The molecule has 2 atom stereocenters. The van der Waals surface area contributed by atoms with E-state index in [1.54, 1.807) is 11.0 Å². The van der Waals surface area contributed by atoms with Gasteiger partial charge < -0.3 is 15.5 Å². The molecule has 124 valence electrons. The van der Waals surface area contributed by atoms with Gasteiger partial charge >= 0.3 is 0 Å². The van der Waals surface area contributed by atoms with E-state index in [-0.39, 0.29) is 29.2 Å². The van der Waals surface area contributed by atoms with E-state index < -0.39 is 0 Å². The second-order valence-electron chi connectivity index (χ2n) is 5.98. The fraction of sp³-hybridized carbons (Fsp3) is 0.294. The van der Waals surface area contributed by atoms with Gasteiger partial charge in [0, 0.05) is 18.4 Å². The first kappa shape index (κ1) is 15.3. The van der Waals surface area contributed by atoms with Gasteiger partial charge in [0.15, 0.2) is 5.50 Å². The quantitative estimate of drug-likeness (QED) is 0.878. The van der Waals surface area contributed by atoms with Crippen LogP contribution in [0.4, 0.5) is 10.1 Å². The van der Waals surface area contributed by atoms with Gasteiger partial charge in [-0.05, 0) is 35.4 Å². The lowest BCUT2D eigenvalue weighted by Crippen LogP contribution is -2.59. The summed E-state index contributed by atoms with van der Waals surface area (Å²) in [5, 5.41) is 7.97. The topological polar surface area (TPSA) is 61.4 Å². The molecule has 2 aromatic carbocycles. The molecule has 1 unspecified atom stereocenters. The zero-order valence-electron chi connectivity index (χ0n) is 13.0. The number of rotatable bonds is 2. The van der Waals surface area contributed by atoms with Gasteiger partial charge in [-0.2, -0.15) is 0 Å². The summed E-state index contributed by atoms with van der Waals surface area (Å²) in [6.07, 6.45) is 0.692. The monoisotopic (exact) mass is 345 g/mol. The Labute approximate surface area is 142 Å². The lowest BCUT2D eigenvalue weighted by molar-refractivity contribution is -0.145. The summed E-state index contributed by atoms with van der Waals surface area (Å²) >= 11 is 1.49. The number of halogens is 1. The second-order valence-corrected chi connectivity index (χ2v) is 7.09. The molecule has 0 bridgehead atoms. The number of nitrogens with one attached hydrogen (secondary N) is 2. The number of fused-ring (bicyclic) bond motifs is 3. The van der Waals surface area contributed by atoms with E-state index >= 15 is 0 Å². The predicted molar refractivity (Wildman–Crippen MR) is 91.1 cm³/mol. The lowest BCUT2D eigenvalue weighted by atomic mass is 10.0. The van der Waals surface area contributed by atoms with Crippen molar-refractivity contribution >= 4 is 40.0 Å². The standard InChI is InChI=1S/C17H16FN3O2S/c1-9(22)21-7-6-14(21)16(23)20-17-19-13-5-2-10-8-11(18)3-4-12(10)15(13)24-17/h2-5,8,14,17,19H,6-7H2,1H3,(H,20,23)/t14-,17?/m1/s1. The van der Waals surface area contributed by atoms with Crippen LogP contribution in [-0.2, 0) is 9.59 Å². The largest absolute Gasteiger partial charge is 0.356 e. The van der Waals surface area contributed by atoms with Crippen LogP contribution in [-0.4, -0.2) is 34.8 Å². The van der Waals surface area contributed by atoms with Gasteiger partial charge in [-0.25, -0.2) is 4.39 Å². The molecule has 1 fully saturated rings. The average molecular weight is 345 g/mol. The van der Waals surface area contributed by atoms with Crippen LogP contribution in [0.15, 0.2) is 35.2 Å². The average Bonchev–Trinajstić information content (AvgIpc) is 2.87. The van der Waals surface area contributed by atoms with Gasteiger partial charge in [-0.1, -0.05) is 23.9 Å². The highest BCUT2D eigenvalue weighted by molar-refractivity contribution is 8.00. The van der Waals surface area contributed by atoms with Crippen molar-refractivity contribution in [3.05, 3.63) is 36.1 Å². The van der Waals surface area contributed by atoms with Crippen LogP contribution >= 0.6 is 11.8 Å². The number of benzene rings is 2. The summed E-state index contributed by atoms with van der Waals surface area (Å²) in [5.41, 5.74) is 0.624. The summed E-state index contributed by atoms with van der Waals surface area (Å²) in [7, 11) is 0. The Kier molecular flexibility index (Phi) is 3.60. The van der Waals surface area contributed by atoms with Gasteiger partial charge in [0.2, 0.25) is 11.8 Å². The number of nitrogens with zero attached hydrogens (tertiary/aromatic N) is 1. The molecule has 2 aromatic rings. The van der Waals surface area contributed by atoms with Crippen molar-refractivity contribution in [3.63, 3.8) is 0 Å². The van der Waals surface area contributed by atoms with Crippen molar-refractivity contribution in [2.24, 2.45) is 0 Å². The van der Waals surface area contributed by atoms with E-state index in [4.69, 9.17) is 0 Å². The smallest absolute Gasteiger partial charge is 0.245 e. The molecule has 5 nitrogen and oxygen atoms in total. The van der Waals surface area contributed by atoms with Crippen molar-refractivity contribution in [2.45, 2.75) is 29.8 Å². The molecule has 0 saturated carbocycles. The number of anilines is 1. The number of likely N-dealkylation sites (tertiary alicyclic amines) is 1. The molecule has 0 radical (unpaired) electrons. The first-order valence-corrected chi connectivity index (χ1v) is 8.64. The number of carbonyl (C=O) groups excluding carboxylic acids is 2. The number of amides is 2. The van der Waals surface area contributed by atoms with E-state index in [9.17, 15) is 14.0 Å². The van der Waals surface area contributed by atoms with Crippen molar-refractivity contribution in [2.75, 3.05) is 11.9 Å². The molecule has 0 aliphatic carbocycles. The van der Waals surface area contributed by atoms with Gasteiger partial charge in [0.25, 0.3) is 0 Å². The highest BCUT2D eigenvalue weighted by atomic mass is 32.2. The van der Waals surface area contributed by atoms with E-state index in [1.807, 2.05) is 12.1 Å². The predicted octanol–water partition coefficient (Wildman–Crippen LogP) is 2.52. The number of hydrogen-bond donors (Lipinski definition) is 2. The van der Waals surface area contributed by atoms with Crippen molar-refractivity contribution in [3.8, 4) is 0 Å². The number of carbonyl (C=O) groups is 2. The third-order valence-corrected chi connectivity index (χ3v) is 5.60. The van der Waals surface area contributed by atoms with Crippen LogP contribution in [0.2, 0.25) is 0 Å². The van der Waals surface area contributed by atoms with Gasteiger partial charge in [-0.15, -0.1) is 0 Å². The molecule has 24 heavy (non-hydrogen) atoms. The molecule has 1 saturated heterocycles. The van der Waals surface area contributed by atoms with Crippen LogP contribution < -0.4 is 10.6 Å². The zero-order valence-corrected chi connectivity index (χ0v) is 13.8. The highest BCUT2D eigenvalue weighted by Crippen LogP contribution is 2.42. The van der Waals surface area contributed by atoms with Gasteiger partial charge in [0.1, 0.15) is 11.9 Å². The third-order valence-electron chi connectivity index (χ3n) is 4.45. The van der Waals surface area contributed by atoms with E-state index in [2.05, 4.69) is 10.6 Å². The molecule has 2 aliphatic heterocycles. The molecule has 7 heteroatoms. The summed E-state index contributed by atoms with van der Waals surface area (Å²) in [6, 6.07) is 8.07. The fourth-order valence-electron chi connectivity index (χ4n) is 3.13. The number of thioether (sulfide) groups is 1. The molecule has 0 spiro atoms. The third kappa shape index (κ3) is 2.49. The molecular weight excluding hydrogens is 329 g/mol. The SMILES string of the molecule is CC(=O)N1CC[C@@H]1C(=O)NC1Nc2ccc3cc(F)ccc3c2S1. The van der Waals surface area contributed by atoms with Crippen LogP contribution in [0.3, 0.4) is 0 Å². The van der Waals surface area contributed by atoms with Crippen LogP contribution in [0, 0.1) is 5.82 Å². The summed E-state index contributed by atoms with van der Waals surface area (Å²) in [4.78, 5) is 26.3. The normalized spacial score (nSPS) is 21.8. The summed E-state index contributed by atoms with van der Waals surface area (Å²) < 4.78 is 13.4. The minimum Gasteiger partial charge on any atom is -0.356 e. The second kappa shape index (κ2) is 5.66. The van der Waals surface area contributed by atoms with Crippen LogP contribution in [0.5, 0.6) is 0 Å². The Bertz CT molecular complexity index is 857. The van der Waals surface area contributed by atoms with Crippen LogP contribution in [0.25, 0.3) is 10.8 Å². The molecule has 2 amide bonds. The highest BCUT2D eigenvalue weighted by Gasteiger charge is 2.37. The van der Waals surface area contributed by atoms with Crippen LogP contribution in [0.1, 0.15) is 13.3 Å². The van der Waals surface area contributed by atoms with Gasteiger partial charge in [-0.3, -0.25) is 9.59 Å². The Morgan fingerprint density at radius 2 is 2.17 bits per heavy atom. The Morgan fingerprint density at radius 1 is 1.33 bits per heavy atom. The fourth-order valence-corrected chi connectivity index (χ4v) is 4.29. The summed E-state index contributed by atoms with van der Waals surface area (Å²) in [6.45, 7) is 2.11. The minimum absolute atomic E-state index is 0.0789. The molecule has 2 N–H and O–H groups in total. The molecular formula is C17H16FN3O2S. The first-order valence-electron chi connectivity index (χ1n) is 7.76. The summed E-state index contributed by atoms with van der Waals surface area (Å²) in [5.74, 6) is -0.494. The molecule has 2 aliphatic rings. The maximum absolute atomic E-state index is 13.4. The lowest BCUT2D eigenvalue weighted by Gasteiger charge is -2.39.